The van der Waals surface area contributed by atoms with Gasteiger partial charge < -0.3 is 14.8 Å². The molecule has 1 aromatic rings. The summed E-state index contributed by atoms with van der Waals surface area (Å²) in [5.41, 5.74) is 2.16. The molecule has 0 aromatic heterocycles. The lowest BCUT2D eigenvalue weighted by molar-refractivity contribution is -0.151. The minimum atomic E-state index is -0.979. The maximum Gasteiger partial charge on any atom is 0.337 e. The molecule has 0 saturated carbocycles. The minimum absolute atomic E-state index is 0.236. The number of rotatable bonds is 4. The normalized spacial score (nSPS) is 23.8. The Morgan fingerprint density at radius 2 is 1.97 bits per heavy atom. The van der Waals surface area contributed by atoms with Crippen molar-refractivity contribution in [1.29, 1.82) is 0 Å². The van der Waals surface area contributed by atoms with E-state index >= 15 is 0 Å². The number of allylic oxidation sites excluding steroid dienone is 3. The van der Waals surface area contributed by atoms with Crippen molar-refractivity contribution in [3.63, 3.8) is 0 Å². The van der Waals surface area contributed by atoms with E-state index in [1.165, 1.54) is 25.3 Å². The number of carbonyl (C=O) groups is 3. The molecule has 0 fully saturated rings. The summed E-state index contributed by atoms with van der Waals surface area (Å²) in [5.74, 6) is -4.20. The van der Waals surface area contributed by atoms with E-state index in [4.69, 9.17) is 9.47 Å². The highest BCUT2D eigenvalue weighted by atomic mass is 19.1. The van der Waals surface area contributed by atoms with Gasteiger partial charge in [-0.3, -0.25) is 9.59 Å². The van der Waals surface area contributed by atoms with E-state index in [-0.39, 0.29) is 23.2 Å². The molecule has 0 radical (unpaired) electrons. The zero-order valence-electron chi connectivity index (χ0n) is 17.7. The third-order valence-electron chi connectivity index (χ3n) is 5.49. The van der Waals surface area contributed by atoms with Gasteiger partial charge in [0, 0.05) is 22.9 Å². The molecule has 2 aliphatic rings. The number of methoxy groups -OCH3 is 1. The van der Waals surface area contributed by atoms with E-state index in [2.05, 4.69) is 5.32 Å². The number of halogens is 1. The summed E-state index contributed by atoms with van der Waals surface area (Å²) >= 11 is 0. The molecule has 3 rings (SSSR count). The minimum Gasteiger partial charge on any atom is -0.468 e. The molecule has 1 aromatic carbocycles. The number of dihydropyridines is 1. The second-order valence-electron chi connectivity index (χ2n) is 8.04. The summed E-state index contributed by atoms with van der Waals surface area (Å²) in [6, 6.07) is 5.79. The largest absolute Gasteiger partial charge is 0.468 e. The molecule has 0 unspecified atom stereocenters. The molecule has 0 spiro atoms. The van der Waals surface area contributed by atoms with E-state index < -0.39 is 35.4 Å². The molecule has 1 heterocycles. The molecule has 7 heteroatoms. The first kappa shape index (κ1) is 21.7. The molecule has 3 atom stereocenters. The fraction of sp³-hybridized carbons (Fsp3) is 0.435. The lowest BCUT2D eigenvalue weighted by atomic mass is 9.69. The van der Waals surface area contributed by atoms with Gasteiger partial charge in [-0.25, -0.2) is 9.18 Å². The lowest BCUT2D eigenvalue weighted by Gasteiger charge is -2.38. The summed E-state index contributed by atoms with van der Waals surface area (Å²) < 4.78 is 24.3. The number of benzene rings is 1. The van der Waals surface area contributed by atoms with Crippen molar-refractivity contribution < 1.29 is 28.2 Å². The molecular formula is C23H26FNO5. The third kappa shape index (κ3) is 3.88. The van der Waals surface area contributed by atoms with Crippen molar-refractivity contribution >= 4 is 17.7 Å². The van der Waals surface area contributed by atoms with Crippen molar-refractivity contribution in [3.05, 3.63) is 58.2 Å². The molecule has 6 nitrogen and oxygen atoms in total. The number of carbonyl (C=O) groups excluding carboxylic acids is 3. The van der Waals surface area contributed by atoms with Crippen LogP contribution >= 0.6 is 0 Å². The molecule has 1 N–H and O–H groups in total. The Hall–Kier alpha value is -2.96. The van der Waals surface area contributed by atoms with Crippen LogP contribution in [0.2, 0.25) is 0 Å². The Morgan fingerprint density at radius 3 is 2.57 bits per heavy atom. The molecule has 1 aliphatic heterocycles. The molecular weight excluding hydrogens is 389 g/mol. The standard InChI is InChI=1S/C23H26FNO5/c1-11(2)30-23(28)18-13(4)25-16-9-12(3)17(22(27)29-5)21(26)20(16)19(18)14-7-6-8-15(24)10-14/h6-8,10-12,17,19,25H,9H2,1-5H3/t12-,17-,19+/m1/s1. The van der Waals surface area contributed by atoms with Gasteiger partial charge in [-0.2, -0.15) is 0 Å². The first-order chi connectivity index (χ1) is 14.1. The topological polar surface area (TPSA) is 81.7 Å². The Labute approximate surface area is 175 Å². The second-order valence-corrected chi connectivity index (χ2v) is 8.04. The van der Waals surface area contributed by atoms with Gasteiger partial charge in [0.25, 0.3) is 0 Å². The number of ketones is 1. The Bertz CT molecular complexity index is 962. The van der Waals surface area contributed by atoms with Crippen LogP contribution in [-0.4, -0.2) is 30.9 Å². The fourth-order valence-electron chi connectivity index (χ4n) is 4.25. The zero-order chi connectivity index (χ0) is 22.2. The van der Waals surface area contributed by atoms with Gasteiger partial charge in [0.1, 0.15) is 11.7 Å². The summed E-state index contributed by atoms with van der Waals surface area (Å²) in [7, 11) is 1.24. The smallest absolute Gasteiger partial charge is 0.337 e. The van der Waals surface area contributed by atoms with Crippen molar-refractivity contribution in [1.82, 2.24) is 5.32 Å². The highest BCUT2D eigenvalue weighted by Gasteiger charge is 2.47. The quantitative estimate of drug-likeness (QED) is 0.600. The predicted molar refractivity (Wildman–Crippen MR) is 108 cm³/mol. The van der Waals surface area contributed by atoms with E-state index in [0.29, 0.717) is 23.4 Å². The van der Waals surface area contributed by atoms with Crippen molar-refractivity contribution in [2.75, 3.05) is 7.11 Å². The average molecular weight is 415 g/mol. The van der Waals surface area contributed by atoms with Crippen LogP contribution in [0.25, 0.3) is 0 Å². The molecule has 1 aliphatic carbocycles. The van der Waals surface area contributed by atoms with Crippen LogP contribution in [0, 0.1) is 17.7 Å². The molecule has 160 valence electrons. The number of Topliss-reactive ketones (excluding diaryl/α,β-unsaturated/α-hetero) is 1. The predicted octanol–water partition coefficient (Wildman–Crippen LogP) is 3.39. The van der Waals surface area contributed by atoms with Crippen molar-refractivity contribution in [2.24, 2.45) is 11.8 Å². The molecule has 0 amide bonds. The molecule has 30 heavy (non-hydrogen) atoms. The molecule has 0 bridgehead atoms. The molecule has 0 saturated heterocycles. The second kappa shape index (κ2) is 8.42. The Kier molecular flexibility index (Phi) is 6.10. The van der Waals surface area contributed by atoms with Gasteiger partial charge in [0.2, 0.25) is 0 Å². The van der Waals surface area contributed by atoms with Gasteiger partial charge in [0.15, 0.2) is 5.78 Å². The van der Waals surface area contributed by atoms with E-state index in [1.54, 1.807) is 26.8 Å². The average Bonchev–Trinajstić information content (AvgIpc) is 2.65. The SMILES string of the molecule is COC(=O)[C@H]1C(=O)C2=C(C[C@H]1C)NC(C)=C(C(=O)OC(C)C)[C@@H]2c1cccc(F)c1. The number of esters is 2. The van der Waals surface area contributed by atoms with Gasteiger partial charge in [-0.1, -0.05) is 19.1 Å². The van der Waals surface area contributed by atoms with Gasteiger partial charge in [-0.15, -0.1) is 0 Å². The van der Waals surface area contributed by atoms with Gasteiger partial charge in [0.05, 0.1) is 18.8 Å². The van der Waals surface area contributed by atoms with Crippen LogP contribution in [0.1, 0.15) is 45.6 Å². The summed E-state index contributed by atoms with van der Waals surface area (Å²) in [6.45, 7) is 7.00. The number of hydrogen-bond donors (Lipinski definition) is 1. The van der Waals surface area contributed by atoms with Crippen LogP contribution in [0.4, 0.5) is 4.39 Å². The van der Waals surface area contributed by atoms with Crippen LogP contribution in [0.3, 0.4) is 0 Å². The lowest BCUT2D eigenvalue weighted by Crippen LogP contribution is -2.43. The van der Waals surface area contributed by atoms with Crippen LogP contribution in [0.15, 0.2) is 46.8 Å². The summed E-state index contributed by atoms with van der Waals surface area (Å²) in [6.07, 6.45) is 0.0579. The van der Waals surface area contributed by atoms with E-state index in [9.17, 15) is 18.8 Å². The zero-order valence-corrected chi connectivity index (χ0v) is 17.7. The van der Waals surface area contributed by atoms with Crippen molar-refractivity contribution in [2.45, 2.75) is 46.1 Å². The van der Waals surface area contributed by atoms with Gasteiger partial charge >= 0.3 is 11.9 Å². The van der Waals surface area contributed by atoms with E-state index in [1.807, 2.05) is 6.92 Å². The summed E-state index contributed by atoms with van der Waals surface area (Å²) in [4.78, 5) is 38.8. The maximum absolute atomic E-state index is 14.1. The first-order valence-corrected chi connectivity index (χ1v) is 9.95. The maximum atomic E-state index is 14.1. The van der Waals surface area contributed by atoms with Crippen LogP contribution < -0.4 is 5.32 Å². The highest BCUT2D eigenvalue weighted by molar-refractivity contribution is 6.12. The number of ether oxygens (including phenoxy) is 2. The number of nitrogens with one attached hydrogen (secondary N) is 1. The van der Waals surface area contributed by atoms with Crippen LogP contribution in [0.5, 0.6) is 0 Å². The number of hydrogen-bond acceptors (Lipinski definition) is 6. The van der Waals surface area contributed by atoms with Crippen molar-refractivity contribution in [3.8, 4) is 0 Å². The van der Waals surface area contributed by atoms with Gasteiger partial charge in [-0.05, 0) is 50.8 Å². The van der Waals surface area contributed by atoms with E-state index in [0.717, 1.165) is 0 Å². The fourth-order valence-corrected chi connectivity index (χ4v) is 4.25. The monoisotopic (exact) mass is 415 g/mol. The first-order valence-electron chi connectivity index (χ1n) is 9.95. The summed E-state index contributed by atoms with van der Waals surface area (Å²) in [5, 5.41) is 3.17. The Balaban J connectivity index is 2.19. The van der Waals surface area contributed by atoms with Crippen LogP contribution in [-0.2, 0) is 23.9 Å². The Morgan fingerprint density at radius 1 is 1.27 bits per heavy atom. The highest BCUT2D eigenvalue weighted by Crippen LogP contribution is 2.45. The third-order valence-corrected chi connectivity index (χ3v) is 5.49.